The molecule has 5 heteroatoms. The minimum Gasteiger partial charge on any atom is -0.497 e. The van der Waals surface area contributed by atoms with Crippen LogP contribution in [0.5, 0.6) is 5.75 Å². The largest absolute Gasteiger partial charge is 0.497 e. The second-order valence-corrected chi connectivity index (χ2v) is 4.04. The van der Waals surface area contributed by atoms with Gasteiger partial charge in [-0.2, -0.15) is 0 Å². The van der Waals surface area contributed by atoms with Crippen molar-refractivity contribution in [2.24, 2.45) is 0 Å². The number of carboxylic acid groups (broad SMARTS) is 1. The van der Waals surface area contributed by atoms with Crippen LogP contribution in [0.25, 0.3) is 11.1 Å². The van der Waals surface area contributed by atoms with Gasteiger partial charge < -0.3 is 9.84 Å². The van der Waals surface area contributed by atoms with Crippen molar-refractivity contribution in [1.82, 2.24) is 4.98 Å². The summed E-state index contributed by atoms with van der Waals surface area (Å²) in [4.78, 5) is 14.6. The number of carbonyl (C=O) groups is 1. The summed E-state index contributed by atoms with van der Waals surface area (Å²) in [5.74, 6) is -1.12. The third kappa shape index (κ3) is 2.54. The molecule has 0 aliphatic heterocycles. The molecule has 0 aliphatic rings. The number of hydrogen-bond acceptors (Lipinski definition) is 3. The number of methoxy groups -OCH3 is 1. The van der Waals surface area contributed by atoms with Crippen LogP contribution in [-0.2, 0) is 0 Å². The molecule has 4 nitrogen and oxygen atoms in total. The normalized spacial score (nSPS) is 10.3. The fraction of sp³-hybridized carbons (Fsp3) is 0.143. The molecule has 1 aromatic heterocycles. The lowest BCUT2D eigenvalue weighted by molar-refractivity contribution is 0.0690. The van der Waals surface area contributed by atoms with Crippen molar-refractivity contribution in [3.8, 4) is 16.9 Å². The van der Waals surface area contributed by atoms with E-state index in [9.17, 15) is 9.18 Å². The van der Waals surface area contributed by atoms with E-state index < -0.39 is 11.8 Å². The molecule has 98 valence electrons. The van der Waals surface area contributed by atoms with Gasteiger partial charge in [0.05, 0.1) is 7.11 Å². The molecule has 0 aliphatic carbocycles. The number of pyridine rings is 1. The number of aromatic carboxylic acids is 1. The quantitative estimate of drug-likeness (QED) is 0.922. The summed E-state index contributed by atoms with van der Waals surface area (Å²) < 4.78 is 18.9. The molecule has 1 N–H and O–H groups in total. The molecular weight excluding hydrogens is 249 g/mol. The summed E-state index contributed by atoms with van der Waals surface area (Å²) in [6.07, 6.45) is 1.36. The molecular formula is C14H12FNO3. The van der Waals surface area contributed by atoms with E-state index in [1.807, 2.05) is 0 Å². The van der Waals surface area contributed by atoms with E-state index in [4.69, 9.17) is 9.84 Å². The molecule has 1 heterocycles. The lowest BCUT2D eigenvalue weighted by Gasteiger charge is -2.09. The number of halogens is 1. The summed E-state index contributed by atoms with van der Waals surface area (Å²) in [6.45, 7) is 1.72. The number of benzene rings is 1. The van der Waals surface area contributed by atoms with E-state index in [2.05, 4.69) is 4.98 Å². The zero-order chi connectivity index (χ0) is 14.0. The van der Waals surface area contributed by atoms with Gasteiger partial charge in [0.1, 0.15) is 17.3 Å². The number of ether oxygens (including phenoxy) is 1. The molecule has 0 amide bonds. The third-order valence-corrected chi connectivity index (χ3v) is 2.80. The minimum atomic E-state index is -1.11. The maximum Gasteiger partial charge on any atom is 0.354 e. The number of carboxylic acids is 1. The van der Waals surface area contributed by atoms with Crippen LogP contribution in [-0.4, -0.2) is 23.2 Å². The van der Waals surface area contributed by atoms with E-state index in [0.29, 0.717) is 22.4 Å². The minimum absolute atomic E-state index is 0.0600. The maximum atomic E-state index is 13.9. The molecule has 0 saturated heterocycles. The SMILES string of the molecule is COc1ccc(-c2cnc(C(=O)O)cc2C)c(F)c1. The van der Waals surface area contributed by atoms with E-state index in [0.717, 1.165) is 0 Å². The van der Waals surface area contributed by atoms with Gasteiger partial charge in [-0.3, -0.25) is 0 Å². The van der Waals surface area contributed by atoms with Crippen LogP contribution < -0.4 is 4.74 Å². The van der Waals surface area contributed by atoms with Gasteiger partial charge in [-0.25, -0.2) is 14.2 Å². The Labute approximate surface area is 109 Å². The van der Waals surface area contributed by atoms with Crippen LogP contribution in [0.15, 0.2) is 30.5 Å². The Kier molecular flexibility index (Phi) is 3.46. The zero-order valence-corrected chi connectivity index (χ0v) is 10.5. The Morgan fingerprint density at radius 3 is 2.58 bits per heavy atom. The van der Waals surface area contributed by atoms with Crippen LogP contribution in [0, 0.1) is 12.7 Å². The Morgan fingerprint density at radius 2 is 2.05 bits per heavy atom. The first-order valence-electron chi connectivity index (χ1n) is 5.56. The van der Waals surface area contributed by atoms with Crippen molar-refractivity contribution in [3.63, 3.8) is 0 Å². The molecule has 19 heavy (non-hydrogen) atoms. The standard InChI is InChI=1S/C14H12FNO3/c1-8-5-13(14(17)18)16-7-11(8)10-4-3-9(19-2)6-12(10)15/h3-7H,1-2H3,(H,17,18). The van der Waals surface area contributed by atoms with Crippen LogP contribution in [0.3, 0.4) is 0 Å². The first-order valence-corrected chi connectivity index (χ1v) is 5.56. The Balaban J connectivity index is 2.50. The zero-order valence-electron chi connectivity index (χ0n) is 10.5. The fourth-order valence-corrected chi connectivity index (χ4v) is 1.80. The molecule has 0 atom stereocenters. The lowest BCUT2D eigenvalue weighted by Crippen LogP contribution is -2.01. The van der Waals surface area contributed by atoms with Crippen molar-refractivity contribution < 1.29 is 19.0 Å². The summed E-state index contributed by atoms with van der Waals surface area (Å²) >= 11 is 0. The second-order valence-electron chi connectivity index (χ2n) is 4.04. The highest BCUT2D eigenvalue weighted by molar-refractivity contribution is 5.86. The molecule has 2 rings (SSSR count). The summed E-state index contributed by atoms with van der Waals surface area (Å²) in [7, 11) is 1.46. The number of hydrogen-bond donors (Lipinski definition) is 1. The maximum absolute atomic E-state index is 13.9. The van der Waals surface area contributed by atoms with Crippen LogP contribution in [0.2, 0.25) is 0 Å². The van der Waals surface area contributed by atoms with Gasteiger partial charge in [-0.1, -0.05) is 0 Å². The number of nitrogens with zero attached hydrogens (tertiary/aromatic N) is 1. The van der Waals surface area contributed by atoms with Gasteiger partial charge in [0.25, 0.3) is 0 Å². The van der Waals surface area contributed by atoms with E-state index in [1.54, 1.807) is 19.1 Å². The van der Waals surface area contributed by atoms with Gasteiger partial charge in [0.15, 0.2) is 0 Å². The molecule has 0 unspecified atom stereocenters. The Hall–Kier alpha value is -2.43. The summed E-state index contributed by atoms with van der Waals surface area (Å²) in [5.41, 5.74) is 1.51. The molecule has 0 bridgehead atoms. The first kappa shape index (κ1) is 13.0. The Bertz CT molecular complexity index is 641. The van der Waals surface area contributed by atoms with Crippen molar-refractivity contribution in [1.29, 1.82) is 0 Å². The van der Waals surface area contributed by atoms with Crippen LogP contribution >= 0.6 is 0 Å². The Morgan fingerprint density at radius 1 is 1.32 bits per heavy atom. The number of rotatable bonds is 3. The predicted molar refractivity (Wildman–Crippen MR) is 67.9 cm³/mol. The van der Waals surface area contributed by atoms with Crippen molar-refractivity contribution >= 4 is 5.97 Å². The van der Waals surface area contributed by atoms with E-state index >= 15 is 0 Å². The number of aryl methyl sites for hydroxylation is 1. The average molecular weight is 261 g/mol. The average Bonchev–Trinajstić information content (AvgIpc) is 2.39. The van der Waals surface area contributed by atoms with Crippen LogP contribution in [0.4, 0.5) is 4.39 Å². The highest BCUT2D eigenvalue weighted by Gasteiger charge is 2.12. The van der Waals surface area contributed by atoms with Crippen LogP contribution in [0.1, 0.15) is 16.1 Å². The summed E-state index contributed by atoms with van der Waals surface area (Å²) in [6, 6.07) is 5.92. The molecule has 0 radical (unpaired) electrons. The molecule has 0 spiro atoms. The van der Waals surface area contributed by atoms with Gasteiger partial charge in [-0.05, 0) is 30.7 Å². The molecule has 1 aromatic carbocycles. The molecule has 0 saturated carbocycles. The monoisotopic (exact) mass is 261 g/mol. The van der Waals surface area contributed by atoms with E-state index in [1.165, 1.54) is 25.4 Å². The van der Waals surface area contributed by atoms with Gasteiger partial charge in [0, 0.05) is 23.4 Å². The van der Waals surface area contributed by atoms with Gasteiger partial charge >= 0.3 is 5.97 Å². The van der Waals surface area contributed by atoms with Gasteiger partial charge in [0.2, 0.25) is 0 Å². The van der Waals surface area contributed by atoms with Crippen molar-refractivity contribution in [3.05, 3.63) is 47.5 Å². The van der Waals surface area contributed by atoms with E-state index in [-0.39, 0.29) is 5.69 Å². The first-order chi connectivity index (χ1) is 9.02. The fourth-order valence-electron chi connectivity index (χ4n) is 1.80. The van der Waals surface area contributed by atoms with Gasteiger partial charge in [-0.15, -0.1) is 0 Å². The topological polar surface area (TPSA) is 59.4 Å². The molecule has 0 fully saturated rings. The lowest BCUT2D eigenvalue weighted by atomic mass is 10.0. The van der Waals surface area contributed by atoms with Crippen molar-refractivity contribution in [2.45, 2.75) is 6.92 Å². The predicted octanol–water partition coefficient (Wildman–Crippen LogP) is 2.90. The van der Waals surface area contributed by atoms with Crippen molar-refractivity contribution in [2.75, 3.05) is 7.11 Å². The smallest absolute Gasteiger partial charge is 0.354 e. The third-order valence-electron chi connectivity index (χ3n) is 2.80. The highest BCUT2D eigenvalue weighted by atomic mass is 19.1. The number of aromatic nitrogens is 1. The highest BCUT2D eigenvalue weighted by Crippen LogP contribution is 2.28. The molecule has 2 aromatic rings. The second kappa shape index (κ2) is 5.06. The summed E-state index contributed by atoms with van der Waals surface area (Å²) in [5, 5.41) is 8.84.